The van der Waals surface area contributed by atoms with Crippen LogP contribution < -0.4 is 10.6 Å². The molecule has 0 aromatic carbocycles. The van der Waals surface area contributed by atoms with Crippen LogP contribution in [0.3, 0.4) is 0 Å². The largest absolute Gasteiger partial charge is 0.379 e. The maximum atomic E-state index is 5.99. The lowest BCUT2D eigenvalue weighted by molar-refractivity contribution is 1.59. The summed E-state index contributed by atoms with van der Waals surface area (Å²) in [6.45, 7) is 0. The Morgan fingerprint density at radius 1 is 1.33 bits per heavy atom. The molecule has 2 nitrogen and oxygen atoms in total. The minimum Gasteiger partial charge on any atom is -0.379 e. The van der Waals surface area contributed by atoms with E-state index in [2.05, 4.69) is 16.0 Å². The van der Waals surface area contributed by atoms with Gasteiger partial charge < -0.3 is 10.6 Å². The average molecular weight is 278 g/mol. The summed E-state index contributed by atoms with van der Waals surface area (Å²) < 4.78 is 0. The number of halogens is 2. The molecule has 0 spiro atoms. The zero-order chi connectivity index (χ0) is 10.8. The van der Waals surface area contributed by atoms with Gasteiger partial charge in [0.05, 0.1) is 26.1 Å². The molecule has 2 rings (SSSR count). The molecule has 0 atom stereocenters. The topological polar surface area (TPSA) is 24.1 Å². The maximum absolute atomic E-state index is 5.99. The molecule has 0 aliphatic heterocycles. The molecule has 0 saturated carbocycles. The molecular formula is C9H7Cl2N2S2. The SMILES string of the molecule is CNc1sc(Nc2[c]scc2Cl)cc1Cl. The molecule has 0 bridgehead atoms. The quantitative estimate of drug-likeness (QED) is 0.850. The van der Waals surface area contributed by atoms with Gasteiger partial charge in [0.2, 0.25) is 0 Å². The Morgan fingerprint density at radius 2 is 2.13 bits per heavy atom. The lowest BCUT2D eigenvalue weighted by Crippen LogP contribution is -1.84. The molecule has 79 valence electrons. The van der Waals surface area contributed by atoms with Crippen LogP contribution in [0.15, 0.2) is 11.4 Å². The number of hydrogen-bond donors (Lipinski definition) is 2. The number of nitrogens with one attached hydrogen (secondary N) is 2. The van der Waals surface area contributed by atoms with Crippen molar-refractivity contribution in [2.45, 2.75) is 0 Å². The molecule has 0 aliphatic carbocycles. The maximum Gasteiger partial charge on any atom is 0.109 e. The third-order valence-electron chi connectivity index (χ3n) is 1.72. The van der Waals surface area contributed by atoms with E-state index in [0.717, 1.165) is 15.7 Å². The van der Waals surface area contributed by atoms with Crippen LogP contribution in [0, 0.1) is 5.38 Å². The highest BCUT2D eigenvalue weighted by molar-refractivity contribution is 7.20. The summed E-state index contributed by atoms with van der Waals surface area (Å²) in [5, 5.41) is 14.3. The summed E-state index contributed by atoms with van der Waals surface area (Å²) >= 11 is 14.9. The van der Waals surface area contributed by atoms with Crippen molar-refractivity contribution in [3.05, 3.63) is 26.9 Å². The summed E-state index contributed by atoms with van der Waals surface area (Å²) in [7, 11) is 1.84. The number of anilines is 3. The normalized spacial score (nSPS) is 10.3. The van der Waals surface area contributed by atoms with Gasteiger partial charge >= 0.3 is 0 Å². The fourth-order valence-corrected chi connectivity index (χ4v) is 3.09. The molecule has 2 aromatic heterocycles. The van der Waals surface area contributed by atoms with Crippen molar-refractivity contribution in [1.29, 1.82) is 0 Å². The van der Waals surface area contributed by atoms with Crippen LogP contribution in [0.4, 0.5) is 15.7 Å². The van der Waals surface area contributed by atoms with Crippen molar-refractivity contribution < 1.29 is 0 Å². The van der Waals surface area contributed by atoms with Crippen LogP contribution in [0.2, 0.25) is 10.0 Å². The summed E-state index contributed by atoms with van der Waals surface area (Å²) in [5.41, 5.74) is 0.794. The Balaban J connectivity index is 2.21. The van der Waals surface area contributed by atoms with Crippen molar-refractivity contribution >= 4 is 61.6 Å². The van der Waals surface area contributed by atoms with Crippen LogP contribution in [0.25, 0.3) is 0 Å². The van der Waals surface area contributed by atoms with E-state index in [1.165, 1.54) is 22.7 Å². The first kappa shape index (κ1) is 11.1. The van der Waals surface area contributed by atoms with E-state index in [1.807, 2.05) is 18.5 Å². The molecule has 2 aromatic rings. The lowest BCUT2D eigenvalue weighted by Gasteiger charge is -1.99. The highest BCUT2D eigenvalue weighted by Gasteiger charge is 2.08. The Bertz CT molecular complexity index is 464. The van der Waals surface area contributed by atoms with Crippen molar-refractivity contribution in [2.24, 2.45) is 0 Å². The van der Waals surface area contributed by atoms with E-state index >= 15 is 0 Å². The predicted octanol–water partition coefficient (Wildman–Crippen LogP) is 4.70. The Kier molecular flexibility index (Phi) is 3.41. The number of rotatable bonds is 3. The predicted molar refractivity (Wildman–Crippen MR) is 70.3 cm³/mol. The highest BCUT2D eigenvalue weighted by atomic mass is 35.5. The van der Waals surface area contributed by atoms with Gasteiger partial charge in [0.1, 0.15) is 5.00 Å². The van der Waals surface area contributed by atoms with Crippen molar-refractivity contribution in [3.63, 3.8) is 0 Å². The molecule has 0 aliphatic rings. The van der Waals surface area contributed by atoms with Gasteiger partial charge in [-0.3, -0.25) is 0 Å². The van der Waals surface area contributed by atoms with Gasteiger partial charge in [-0.1, -0.05) is 34.5 Å². The first-order valence-electron chi connectivity index (χ1n) is 4.09. The van der Waals surface area contributed by atoms with Crippen LogP contribution in [0.5, 0.6) is 0 Å². The third-order valence-corrected chi connectivity index (χ3v) is 4.31. The lowest BCUT2D eigenvalue weighted by atomic mass is 10.5. The third kappa shape index (κ3) is 2.39. The Labute approximate surface area is 106 Å². The molecular weight excluding hydrogens is 271 g/mol. The van der Waals surface area contributed by atoms with Gasteiger partial charge in [0, 0.05) is 12.4 Å². The van der Waals surface area contributed by atoms with Gasteiger partial charge in [0.25, 0.3) is 0 Å². The van der Waals surface area contributed by atoms with E-state index in [0.29, 0.717) is 10.0 Å². The minimum absolute atomic E-state index is 0.676. The zero-order valence-electron chi connectivity index (χ0n) is 7.73. The summed E-state index contributed by atoms with van der Waals surface area (Å²) in [6.07, 6.45) is 0. The molecule has 15 heavy (non-hydrogen) atoms. The molecule has 0 amide bonds. The van der Waals surface area contributed by atoms with Crippen LogP contribution in [-0.2, 0) is 0 Å². The van der Waals surface area contributed by atoms with Crippen LogP contribution in [0.1, 0.15) is 0 Å². The summed E-state index contributed by atoms with van der Waals surface area (Å²) in [4.78, 5) is 0. The summed E-state index contributed by atoms with van der Waals surface area (Å²) in [6, 6.07) is 1.86. The monoisotopic (exact) mass is 277 g/mol. The first-order valence-corrected chi connectivity index (χ1v) is 6.54. The standard InChI is InChI=1S/C9H7Cl2N2S2/c1-12-9-5(10)2-8(15-9)13-7-4-14-3-6(7)11/h2-3,12-13H,1H3. The van der Waals surface area contributed by atoms with Crippen LogP contribution >= 0.6 is 45.9 Å². The van der Waals surface area contributed by atoms with E-state index < -0.39 is 0 Å². The van der Waals surface area contributed by atoms with Gasteiger partial charge in [-0.05, 0) is 6.07 Å². The van der Waals surface area contributed by atoms with Gasteiger partial charge in [-0.2, -0.15) is 0 Å². The van der Waals surface area contributed by atoms with Crippen molar-refractivity contribution in [3.8, 4) is 0 Å². The highest BCUT2D eigenvalue weighted by Crippen LogP contribution is 2.38. The van der Waals surface area contributed by atoms with Crippen molar-refractivity contribution in [2.75, 3.05) is 17.7 Å². The second-order valence-corrected chi connectivity index (χ2v) is 5.27. The first-order chi connectivity index (χ1) is 7.20. The van der Waals surface area contributed by atoms with E-state index in [4.69, 9.17) is 23.2 Å². The molecule has 2 heterocycles. The average Bonchev–Trinajstić information content (AvgIpc) is 2.75. The Hall–Kier alpha value is -0.420. The zero-order valence-corrected chi connectivity index (χ0v) is 10.9. The molecule has 6 heteroatoms. The molecule has 0 unspecified atom stereocenters. The van der Waals surface area contributed by atoms with E-state index in [9.17, 15) is 0 Å². The van der Waals surface area contributed by atoms with Gasteiger partial charge in [-0.25, -0.2) is 0 Å². The summed E-state index contributed by atoms with van der Waals surface area (Å²) in [5.74, 6) is 0. The fourth-order valence-electron chi connectivity index (χ4n) is 1.06. The second kappa shape index (κ2) is 4.61. The van der Waals surface area contributed by atoms with Crippen molar-refractivity contribution in [1.82, 2.24) is 0 Å². The molecule has 1 radical (unpaired) electrons. The Morgan fingerprint density at radius 3 is 2.67 bits per heavy atom. The van der Waals surface area contributed by atoms with E-state index in [-0.39, 0.29) is 0 Å². The van der Waals surface area contributed by atoms with Gasteiger partial charge in [-0.15, -0.1) is 11.3 Å². The fraction of sp³-hybridized carbons (Fsp3) is 0.111. The van der Waals surface area contributed by atoms with Gasteiger partial charge in [0.15, 0.2) is 0 Å². The smallest absolute Gasteiger partial charge is 0.109 e. The second-order valence-electron chi connectivity index (χ2n) is 2.72. The minimum atomic E-state index is 0.676. The number of hydrogen-bond acceptors (Lipinski definition) is 4. The van der Waals surface area contributed by atoms with E-state index in [1.54, 1.807) is 0 Å². The molecule has 2 N–H and O–H groups in total. The molecule has 0 fully saturated rings. The van der Waals surface area contributed by atoms with Crippen LogP contribution in [-0.4, -0.2) is 7.05 Å². The number of thiophene rings is 2. The molecule has 0 saturated heterocycles.